The zero-order valence-corrected chi connectivity index (χ0v) is 11.5. The monoisotopic (exact) mass is 253 g/mol. The molecule has 5 nitrogen and oxygen atoms in total. The summed E-state index contributed by atoms with van der Waals surface area (Å²) in [5.74, 6) is 1.74. The molecule has 0 saturated heterocycles. The van der Waals surface area contributed by atoms with Crippen molar-refractivity contribution in [1.82, 2.24) is 10.1 Å². The lowest BCUT2D eigenvalue weighted by atomic mass is 9.73. The number of ether oxygens (including phenoxy) is 1. The predicted octanol–water partition coefficient (Wildman–Crippen LogP) is 2.40. The van der Waals surface area contributed by atoms with Gasteiger partial charge in [0.15, 0.2) is 5.82 Å². The van der Waals surface area contributed by atoms with Gasteiger partial charge in [-0.2, -0.15) is 4.98 Å². The van der Waals surface area contributed by atoms with Crippen molar-refractivity contribution in [2.75, 3.05) is 13.7 Å². The Labute approximate surface area is 108 Å². The number of hydrogen-bond acceptors (Lipinski definition) is 5. The summed E-state index contributed by atoms with van der Waals surface area (Å²) in [6.07, 6.45) is 4.41. The lowest BCUT2D eigenvalue weighted by Crippen LogP contribution is -2.21. The van der Waals surface area contributed by atoms with Crippen molar-refractivity contribution in [2.24, 2.45) is 11.1 Å². The molecule has 0 spiro atoms. The SMILES string of the molecule is COC(CN)c1nc(C2CCC(C)(C)CC2)no1. The molecule has 1 aromatic rings. The molecule has 1 heterocycles. The fourth-order valence-electron chi connectivity index (χ4n) is 2.50. The largest absolute Gasteiger partial charge is 0.370 e. The van der Waals surface area contributed by atoms with E-state index in [9.17, 15) is 0 Å². The topological polar surface area (TPSA) is 74.2 Å². The molecule has 0 bridgehead atoms. The molecular weight excluding hydrogens is 230 g/mol. The molecule has 1 atom stereocenters. The van der Waals surface area contributed by atoms with Gasteiger partial charge in [-0.05, 0) is 31.1 Å². The van der Waals surface area contributed by atoms with Crippen molar-refractivity contribution in [2.45, 2.75) is 51.6 Å². The van der Waals surface area contributed by atoms with Gasteiger partial charge >= 0.3 is 0 Å². The number of nitrogens with two attached hydrogens (primary N) is 1. The molecule has 18 heavy (non-hydrogen) atoms. The van der Waals surface area contributed by atoms with E-state index in [0.29, 0.717) is 23.8 Å². The summed E-state index contributed by atoms with van der Waals surface area (Å²) >= 11 is 0. The van der Waals surface area contributed by atoms with E-state index in [2.05, 4.69) is 24.0 Å². The maximum atomic E-state index is 5.59. The highest BCUT2D eigenvalue weighted by Gasteiger charge is 2.30. The Morgan fingerprint density at radius 1 is 1.44 bits per heavy atom. The molecule has 1 saturated carbocycles. The minimum Gasteiger partial charge on any atom is -0.370 e. The minimum atomic E-state index is -0.286. The van der Waals surface area contributed by atoms with E-state index in [1.54, 1.807) is 7.11 Å². The smallest absolute Gasteiger partial charge is 0.257 e. The van der Waals surface area contributed by atoms with E-state index in [4.69, 9.17) is 15.0 Å². The van der Waals surface area contributed by atoms with E-state index < -0.39 is 0 Å². The summed E-state index contributed by atoms with van der Waals surface area (Å²) in [6.45, 7) is 5.00. The first kappa shape index (κ1) is 13.5. The summed E-state index contributed by atoms with van der Waals surface area (Å²) in [4.78, 5) is 4.44. The highest BCUT2D eigenvalue weighted by molar-refractivity contribution is 5.00. The Morgan fingerprint density at radius 3 is 2.67 bits per heavy atom. The molecule has 1 aromatic heterocycles. The average molecular weight is 253 g/mol. The van der Waals surface area contributed by atoms with Crippen molar-refractivity contribution < 1.29 is 9.26 Å². The fourth-order valence-corrected chi connectivity index (χ4v) is 2.50. The molecule has 0 aromatic carbocycles. The summed E-state index contributed by atoms with van der Waals surface area (Å²) in [7, 11) is 1.60. The van der Waals surface area contributed by atoms with Crippen LogP contribution in [0.5, 0.6) is 0 Å². The molecule has 102 valence electrons. The van der Waals surface area contributed by atoms with E-state index in [1.165, 1.54) is 12.8 Å². The van der Waals surface area contributed by atoms with Crippen LogP contribution >= 0.6 is 0 Å². The van der Waals surface area contributed by atoms with E-state index >= 15 is 0 Å². The van der Waals surface area contributed by atoms with E-state index in [-0.39, 0.29) is 6.10 Å². The first-order valence-corrected chi connectivity index (χ1v) is 6.62. The number of hydrogen-bond donors (Lipinski definition) is 1. The zero-order chi connectivity index (χ0) is 13.2. The Morgan fingerprint density at radius 2 is 2.11 bits per heavy atom. The average Bonchev–Trinajstić information content (AvgIpc) is 2.80. The summed E-state index contributed by atoms with van der Waals surface area (Å²) < 4.78 is 10.4. The Kier molecular flexibility index (Phi) is 4.02. The van der Waals surface area contributed by atoms with Crippen LogP contribution in [0.15, 0.2) is 4.52 Å². The third kappa shape index (κ3) is 2.90. The van der Waals surface area contributed by atoms with E-state index in [1.807, 2.05) is 0 Å². The Balaban J connectivity index is 2.02. The number of aromatic nitrogens is 2. The maximum Gasteiger partial charge on any atom is 0.257 e. The van der Waals surface area contributed by atoms with Gasteiger partial charge in [-0.25, -0.2) is 0 Å². The number of rotatable bonds is 4. The Hall–Kier alpha value is -0.940. The van der Waals surface area contributed by atoms with Crippen molar-refractivity contribution in [3.63, 3.8) is 0 Å². The van der Waals surface area contributed by atoms with Gasteiger partial charge in [0.2, 0.25) is 0 Å². The van der Waals surface area contributed by atoms with Gasteiger partial charge < -0.3 is 15.0 Å². The van der Waals surface area contributed by atoms with Gasteiger partial charge in [0.25, 0.3) is 5.89 Å². The summed E-state index contributed by atoms with van der Waals surface area (Å²) in [5, 5.41) is 4.08. The second-order valence-corrected chi connectivity index (χ2v) is 5.89. The molecule has 0 amide bonds. The molecule has 1 aliphatic carbocycles. The maximum absolute atomic E-state index is 5.59. The van der Waals surface area contributed by atoms with Crippen molar-refractivity contribution in [3.8, 4) is 0 Å². The molecule has 0 radical (unpaired) electrons. The van der Waals surface area contributed by atoms with Crippen LogP contribution in [-0.2, 0) is 4.74 Å². The summed E-state index contributed by atoms with van der Waals surface area (Å²) in [6, 6.07) is 0. The quantitative estimate of drug-likeness (QED) is 0.891. The van der Waals surface area contributed by atoms with Gasteiger partial charge in [-0.1, -0.05) is 19.0 Å². The molecule has 2 N–H and O–H groups in total. The van der Waals surface area contributed by atoms with Crippen molar-refractivity contribution in [3.05, 3.63) is 11.7 Å². The van der Waals surface area contributed by atoms with Crippen LogP contribution < -0.4 is 5.73 Å². The minimum absolute atomic E-state index is 0.286. The van der Waals surface area contributed by atoms with Gasteiger partial charge in [-0.15, -0.1) is 0 Å². The third-order valence-corrected chi connectivity index (χ3v) is 3.94. The second kappa shape index (κ2) is 5.36. The fraction of sp³-hybridized carbons (Fsp3) is 0.846. The standard InChI is InChI=1S/C13H23N3O2/c1-13(2)6-4-9(5-7-13)11-15-12(18-16-11)10(8-14)17-3/h9-10H,4-8,14H2,1-3H3. The van der Waals surface area contributed by atoms with Gasteiger partial charge in [-0.3, -0.25) is 0 Å². The van der Waals surface area contributed by atoms with Gasteiger partial charge in [0, 0.05) is 19.6 Å². The van der Waals surface area contributed by atoms with Crippen LogP contribution in [-0.4, -0.2) is 23.8 Å². The lowest BCUT2D eigenvalue weighted by Gasteiger charge is -2.32. The molecule has 5 heteroatoms. The first-order valence-electron chi connectivity index (χ1n) is 6.62. The van der Waals surface area contributed by atoms with Crippen LogP contribution in [0.4, 0.5) is 0 Å². The molecule has 0 aliphatic heterocycles. The molecule has 2 rings (SSSR count). The van der Waals surface area contributed by atoms with Crippen LogP contribution in [0, 0.1) is 5.41 Å². The molecular formula is C13H23N3O2. The summed E-state index contributed by atoms with van der Waals surface area (Å²) in [5.41, 5.74) is 6.04. The first-order chi connectivity index (χ1) is 8.55. The molecule has 1 fully saturated rings. The highest BCUT2D eigenvalue weighted by atomic mass is 16.5. The third-order valence-electron chi connectivity index (χ3n) is 3.94. The Bertz CT molecular complexity index is 375. The van der Waals surface area contributed by atoms with Crippen LogP contribution in [0.25, 0.3) is 0 Å². The normalized spacial score (nSPS) is 22.0. The second-order valence-electron chi connectivity index (χ2n) is 5.89. The molecule has 1 aliphatic rings. The predicted molar refractivity (Wildman–Crippen MR) is 68.1 cm³/mol. The zero-order valence-electron chi connectivity index (χ0n) is 11.5. The highest BCUT2D eigenvalue weighted by Crippen LogP contribution is 2.41. The van der Waals surface area contributed by atoms with E-state index in [0.717, 1.165) is 18.7 Å². The van der Waals surface area contributed by atoms with Crippen LogP contribution in [0.1, 0.15) is 63.3 Å². The van der Waals surface area contributed by atoms with Crippen molar-refractivity contribution >= 4 is 0 Å². The van der Waals surface area contributed by atoms with Crippen LogP contribution in [0.3, 0.4) is 0 Å². The van der Waals surface area contributed by atoms with Gasteiger partial charge in [0.1, 0.15) is 6.10 Å². The van der Waals surface area contributed by atoms with Crippen molar-refractivity contribution in [1.29, 1.82) is 0 Å². The number of nitrogens with zero attached hydrogens (tertiary/aromatic N) is 2. The van der Waals surface area contributed by atoms with Crippen LogP contribution in [0.2, 0.25) is 0 Å². The van der Waals surface area contributed by atoms with Gasteiger partial charge in [0.05, 0.1) is 0 Å². The molecule has 1 unspecified atom stereocenters. The number of methoxy groups -OCH3 is 1. The lowest BCUT2D eigenvalue weighted by molar-refractivity contribution is 0.0803.